The van der Waals surface area contributed by atoms with E-state index in [1.165, 1.54) is 6.20 Å². The molecule has 0 bridgehead atoms. The third-order valence-corrected chi connectivity index (χ3v) is 3.27. The quantitative estimate of drug-likeness (QED) is 0.856. The van der Waals surface area contributed by atoms with Crippen LogP contribution in [0.25, 0.3) is 0 Å². The minimum Gasteiger partial charge on any atom is -0.478 e. The summed E-state index contributed by atoms with van der Waals surface area (Å²) >= 11 is 0. The largest absolute Gasteiger partial charge is 0.478 e. The van der Waals surface area contributed by atoms with Gasteiger partial charge in [-0.2, -0.15) is 0 Å². The van der Waals surface area contributed by atoms with Gasteiger partial charge in [-0.25, -0.2) is 4.79 Å². The second-order valence-corrected chi connectivity index (χ2v) is 4.63. The van der Waals surface area contributed by atoms with Crippen molar-refractivity contribution in [3.05, 3.63) is 29.6 Å². The maximum atomic E-state index is 11.2. The summed E-state index contributed by atoms with van der Waals surface area (Å²) in [5.41, 5.74) is 1.05. The molecule has 1 aromatic heterocycles. The smallest absolute Gasteiger partial charge is 0.337 e. The Hall–Kier alpha value is -1.95. The molecule has 2 heterocycles. The van der Waals surface area contributed by atoms with Crippen LogP contribution < -0.4 is 0 Å². The third kappa shape index (κ3) is 3.51. The van der Waals surface area contributed by atoms with Gasteiger partial charge >= 0.3 is 5.97 Å². The fourth-order valence-electron chi connectivity index (χ4n) is 2.09. The number of piperazine rings is 1. The monoisotopic (exact) mass is 263 g/mol. The first-order chi connectivity index (χ1) is 9.06. The Balaban J connectivity index is 1.88. The number of carbonyl (C=O) groups is 2. The number of carboxylic acids is 1. The van der Waals surface area contributed by atoms with Crippen LogP contribution in [0.5, 0.6) is 0 Å². The lowest BCUT2D eigenvalue weighted by atomic mass is 10.2. The van der Waals surface area contributed by atoms with E-state index < -0.39 is 5.97 Å². The van der Waals surface area contributed by atoms with E-state index >= 15 is 0 Å². The molecular formula is C13H17N3O3. The summed E-state index contributed by atoms with van der Waals surface area (Å²) < 4.78 is 0. The minimum atomic E-state index is -0.964. The van der Waals surface area contributed by atoms with Gasteiger partial charge in [0.25, 0.3) is 0 Å². The second-order valence-electron chi connectivity index (χ2n) is 4.63. The zero-order chi connectivity index (χ0) is 13.8. The zero-order valence-corrected chi connectivity index (χ0v) is 10.9. The highest BCUT2D eigenvalue weighted by Crippen LogP contribution is 2.08. The van der Waals surface area contributed by atoms with Gasteiger partial charge in [0.05, 0.1) is 11.3 Å². The van der Waals surface area contributed by atoms with Crippen LogP contribution in [0.1, 0.15) is 23.0 Å². The molecule has 0 aromatic carbocycles. The number of rotatable bonds is 3. The van der Waals surface area contributed by atoms with Gasteiger partial charge < -0.3 is 10.0 Å². The van der Waals surface area contributed by atoms with Crippen LogP contribution in [-0.4, -0.2) is 57.9 Å². The SMILES string of the molecule is CC(=O)N1CCN(Cc2ccc(C(=O)O)cn2)CC1. The molecule has 1 aliphatic heterocycles. The summed E-state index contributed by atoms with van der Waals surface area (Å²) in [6.07, 6.45) is 1.38. The van der Waals surface area contributed by atoms with E-state index in [2.05, 4.69) is 9.88 Å². The standard InChI is InChI=1S/C13H17N3O3/c1-10(17)16-6-4-15(5-7-16)9-12-3-2-11(8-14-12)13(18)19/h2-3,8H,4-7,9H2,1H3,(H,18,19). The average molecular weight is 263 g/mol. The van der Waals surface area contributed by atoms with Gasteiger partial charge in [-0.15, -0.1) is 0 Å². The number of hydrogen-bond acceptors (Lipinski definition) is 4. The maximum Gasteiger partial charge on any atom is 0.337 e. The van der Waals surface area contributed by atoms with Crippen molar-refractivity contribution in [1.29, 1.82) is 0 Å². The highest BCUT2D eigenvalue weighted by atomic mass is 16.4. The Morgan fingerprint density at radius 3 is 2.42 bits per heavy atom. The Bertz CT molecular complexity index is 465. The number of aromatic carboxylic acids is 1. The molecule has 6 nitrogen and oxygen atoms in total. The Morgan fingerprint density at radius 1 is 1.26 bits per heavy atom. The van der Waals surface area contributed by atoms with Crippen molar-refractivity contribution in [2.45, 2.75) is 13.5 Å². The van der Waals surface area contributed by atoms with Crippen molar-refractivity contribution in [3.8, 4) is 0 Å². The summed E-state index contributed by atoms with van der Waals surface area (Å²) in [5, 5.41) is 8.79. The Kier molecular flexibility index (Phi) is 4.11. The van der Waals surface area contributed by atoms with Crippen molar-refractivity contribution >= 4 is 11.9 Å². The number of hydrogen-bond donors (Lipinski definition) is 1. The molecule has 19 heavy (non-hydrogen) atoms. The fourth-order valence-corrected chi connectivity index (χ4v) is 2.09. The Labute approximate surface area is 111 Å². The van der Waals surface area contributed by atoms with Gasteiger partial charge in [0.2, 0.25) is 5.91 Å². The van der Waals surface area contributed by atoms with E-state index in [1.54, 1.807) is 19.1 Å². The summed E-state index contributed by atoms with van der Waals surface area (Å²) in [7, 11) is 0. The van der Waals surface area contributed by atoms with Crippen molar-refractivity contribution in [1.82, 2.24) is 14.8 Å². The molecule has 1 aromatic rings. The first kappa shape index (κ1) is 13.5. The molecule has 1 amide bonds. The van der Waals surface area contributed by atoms with E-state index in [1.807, 2.05) is 4.90 Å². The highest BCUT2D eigenvalue weighted by Gasteiger charge is 2.18. The van der Waals surface area contributed by atoms with E-state index in [0.717, 1.165) is 31.9 Å². The van der Waals surface area contributed by atoms with Crippen LogP contribution in [-0.2, 0) is 11.3 Å². The number of nitrogens with zero attached hydrogens (tertiary/aromatic N) is 3. The van der Waals surface area contributed by atoms with Crippen LogP contribution in [0, 0.1) is 0 Å². The molecular weight excluding hydrogens is 246 g/mol. The van der Waals surface area contributed by atoms with E-state index in [4.69, 9.17) is 5.11 Å². The maximum absolute atomic E-state index is 11.2. The van der Waals surface area contributed by atoms with Crippen LogP contribution in [0.3, 0.4) is 0 Å². The van der Waals surface area contributed by atoms with E-state index in [9.17, 15) is 9.59 Å². The van der Waals surface area contributed by atoms with Crippen molar-refractivity contribution in [3.63, 3.8) is 0 Å². The molecule has 1 aliphatic rings. The summed E-state index contributed by atoms with van der Waals surface area (Å²) in [6, 6.07) is 3.30. The van der Waals surface area contributed by atoms with Crippen molar-refractivity contribution in [2.75, 3.05) is 26.2 Å². The predicted octanol–water partition coefficient (Wildman–Crippen LogP) is 0.444. The van der Waals surface area contributed by atoms with Crippen LogP contribution in [0.2, 0.25) is 0 Å². The summed E-state index contributed by atoms with van der Waals surface area (Å²) in [6.45, 7) is 5.39. The minimum absolute atomic E-state index is 0.114. The zero-order valence-electron chi connectivity index (χ0n) is 10.9. The number of carbonyl (C=O) groups excluding carboxylic acids is 1. The first-order valence-corrected chi connectivity index (χ1v) is 6.22. The lowest BCUT2D eigenvalue weighted by Gasteiger charge is -2.33. The molecule has 6 heteroatoms. The molecule has 0 radical (unpaired) electrons. The lowest BCUT2D eigenvalue weighted by Crippen LogP contribution is -2.47. The normalized spacial score (nSPS) is 16.4. The van der Waals surface area contributed by atoms with E-state index in [-0.39, 0.29) is 11.5 Å². The van der Waals surface area contributed by atoms with Crippen LogP contribution in [0.15, 0.2) is 18.3 Å². The summed E-state index contributed by atoms with van der Waals surface area (Å²) in [4.78, 5) is 30.1. The molecule has 102 valence electrons. The molecule has 1 N–H and O–H groups in total. The number of amides is 1. The van der Waals surface area contributed by atoms with Gasteiger partial charge in [-0.05, 0) is 12.1 Å². The second kappa shape index (κ2) is 5.79. The van der Waals surface area contributed by atoms with Gasteiger partial charge in [-0.1, -0.05) is 0 Å². The van der Waals surface area contributed by atoms with Crippen molar-refractivity contribution in [2.24, 2.45) is 0 Å². The topological polar surface area (TPSA) is 73.7 Å². The molecule has 0 saturated carbocycles. The fraction of sp³-hybridized carbons (Fsp3) is 0.462. The van der Waals surface area contributed by atoms with Gasteiger partial charge in [-0.3, -0.25) is 14.7 Å². The molecule has 0 unspecified atom stereocenters. The summed E-state index contributed by atoms with van der Waals surface area (Å²) in [5.74, 6) is -0.849. The van der Waals surface area contributed by atoms with Crippen molar-refractivity contribution < 1.29 is 14.7 Å². The highest BCUT2D eigenvalue weighted by molar-refractivity contribution is 5.87. The molecule has 1 saturated heterocycles. The van der Waals surface area contributed by atoms with Crippen LogP contribution in [0.4, 0.5) is 0 Å². The molecule has 2 rings (SSSR count). The average Bonchev–Trinajstić information content (AvgIpc) is 2.40. The predicted molar refractivity (Wildman–Crippen MR) is 68.7 cm³/mol. The van der Waals surface area contributed by atoms with Crippen LogP contribution >= 0.6 is 0 Å². The number of carboxylic acid groups (broad SMARTS) is 1. The lowest BCUT2D eigenvalue weighted by molar-refractivity contribution is -0.130. The molecule has 0 spiro atoms. The van der Waals surface area contributed by atoms with Gasteiger partial charge in [0.1, 0.15) is 0 Å². The van der Waals surface area contributed by atoms with Gasteiger partial charge in [0, 0.05) is 45.8 Å². The number of aromatic nitrogens is 1. The molecule has 1 fully saturated rings. The first-order valence-electron chi connectivity index (χ1n) is 6.22. The Morgan fingerprint density at radius 2 is 1.95 bits per heavy atom. The molecule has 0 aliphatic carbocycles. The van der Waals surface area contributed by atoms with Gasteiger partial charge in [0.15, 0.2) is 0 Å². The molecule has 0 atom stereocenters. The third-order valence-electron chi connectivity index (χ3n) is 3.27. The van der Waals surface area contributed by atoms with E-state index in [0.29, 0.717) is 6.54 Å². The number of pyridine rings is 1.